The highest BCUT2D eigenvalue weighted by Crippen LogP contribution is 2.35. The van der Waals surface area contributed by atoms with Gasteiger partial charge in [-0.1, -0.05) is 55.8 Å². The largest absolute Gasteiger partial charge is 0.396 e. The van der Waals surface area contributed by atoms with Crippen molar-refractivity contribution in [3.05, 3.63) is 53.4 Å². The smallest absolute Gasteiger partial charge is 0.149 e. The van der Waals surface area contributed by atoms with Gasteiger partial charge in [0.2, 0.25) is 0 Å². The van der Waals surface area contributed by atoms with Gasteiger partial charge in [-0.25, -0.2) is 4.98 Å². The summed E-state index contributed by atoms with van der Waals surface area (Å²) < 4.78 is 0. The van der Waals surface area contributed by atoms with Crippen molar-refractivity contribution < 1.29 is 5.11 Å². The summed E-state index contributed by atoms with van der Waals surface area (Å²) >= 11 is 5.84. The van der Waals surface area contributed by atoms with E-state index in [2.05, 4.69) is 41.3 Å². The first-order valence-electron chi connectivity index (χ1n) is 6.90. The summed E-state index contributed by atoms with van der Waals surface area (Å²) in [6.07, 6.45) is 3.14. The average Bonchev–Trinajstić information content (AvgIpc) is 2.48. The van der Waals surface area contributed by atoms with E-state index in [-0.39, 0.29) is 17.9 Å². The van der Waals surface area contributed by atoms with Crippen LogP contribution in [0, 0.1) is 5.41 Å². The predicted molar refractivity (Wildman–Crippen MR) is 85.6 cm³/mol. The first-order chi connectivity index (χ1) is 10.0. The highest BCUT2D eigenvalue weighted by Gasteiger charge is 2.30. The second-order valence-electron chi connectivity index (χ2n) is 5.72. The number of rotatable bonds is 6. The Hall–Kier alpha value is -1.65. The lowest BCUT2D eigenvalue weighted by atomic mass is 9.75. The lowest BCUT2D eigenvalue weighted by Gasteiger charge is -2.33. The lowest BCUT2D eigenvalue weighted by molar-refractivity contribution is 0.134. The zero-order valence-electron chi connectivity index (χ0n) is 12.3. The topological polar surface area (TPSA) is 58.0 Å². The number of nitrogens with one attached hydrogen (secondary N) is 1. The maximum atomic E-state index is 9.69. The summed E-state index contributed by atoms with van der Waals surface area (Å²) in [5.41, 5.74) is 0.930. The highest BCUT2D eigenvalue weighted by molar-refractivity contribution is 6.29. The molecule has 4 nitrogen and oxygen atoms in total. The van der Waals surface area contributed by atoms with Gasteiger partial charge in [-0.2, -0.15) is 0 Å². The number of aromatic nitrogens is 2. The van der Waals surface area contributed by atoms with Crippen molar-refractivity contribution in [2.75, 3.05) is 18.5 Å². The van der Waals surface area contributed by atoms with Crippen LogP contribution in [0.1, 0.15) is 25.3 Å². The molecule has 1 aromatic heterocycles. The Morgan fingerprint density at radius 3 is 2.57 bits per heavy atom. The van der Waals surface area contributed by atoms with Gasteiger partial charge in [-0.15, -0.1) is 0 Å². The third-order valence-corrected chi connectivity index (χ3v) is 3.83. The van der Waals surface area contributed by atoms with Gasteiger partial charge in [0.05, 0.1) is 12.4 Å². The van der Waals surface area contributed by atoms with Gasteiger partial charge in [0, 0.05) is 19.1 Å². The molecule has 2 N–H and O–H groups in total. The van der Waals surface area contributed by atoms with Gasteiger partial charge in [-0.3, -0.25) is 4.98 Å². The van der Waals surface area contributed by atoms with Crippen LogP contribution < -0.4 is 5.32 Å². The number of nitrogens with zero attached hydrogens (tertiary/aromatic N) is 2. The Morgan fingerprint density at radius 2 is 1.95 bits per heavy atom. The van der Waals surface area contributed by atoms with Crippen LogP contribution in [-0.4, -0.2) is 28.2 Å². The fourth-order valence-corrected chi connectivity index (χ4v) is 2.42. The zero-order valence-corrected chi connectivity index (χ0v) is 13.0. The van der Waals surface area contributed by atoms with Gasteiger partial charge in [-0.05, 0) is 11.0 Å². The maximum Gasteiger partial charge on any atom is 0.149 e. The molecule has 1 aromatic carbocycles. The predicted octanol–water partition coefficient (Wildman–Crippen LogP) is 3.34. The molecule has 0 amide bonds. The zero-order chi connectivity index (χ0) is 15.3. The summed E-state index contributed by atoms with van der Waals surface area (Å²) in [6, 6.07) is 10.2. The fraction of sp³-hybridized carbons (Fsp3) is 0.375. The molecule has 0 bridgehead atoms. The van der Waals surface area contributed by atoms with Crippen LogP contribution in [0.25, 0.3) is 0 Å². The molecule has 1 heterocycles. The highest BCUT2D eigenvalue weighted by atomic mass is 35.5. The van der Waals surface area contributed by atoms with E-state index in [9.17, 15) is 5.11 Å². The summed E-state index contributed by atoms with van der Waals surface area (Å²) in [5, 5.41) is 13.3. The third-order valence-electron chi connectivity index (χ3n) is 3.65. The van der Waals surface area contributed by atoms with Crippen LogP contribution in [-0.2, 0) is 0 Å². The quantitative estimate of drug-likeness (QED) is 0.859. The molecule has 1 unspecified atom stereocenters. The average molecular weight is 306 g/mol. The molecular formula is C16H20ClN3O. The molecule has 2 rings (SSSR count). The Morgan fingerprint density at radius 1 is 1.24 bits per heavy atom. The SMILES string of the molecule is CC(C)(CO)C(CNc1cncc(Cl)n1)c1ccccc1. The number of benzene rings is 1. The number of hydrogen-bond donors (Lipinski definition) is 2. The van der Waals surface area contributed by atoms with Crippen LogP contribution >= 0.6 is 11.6 Å². The van der Waals surface area contributed by atoms with Crippen molar-refractivity contribution >= 4 is 17.4 Å². The number of aliphatic hydroxyl groups is 1. The molecule has 0 aliphatic rings. The van der Waals surface area contributed by atoms with Crippen LogP contribution in [0.15, 0.2) is 42.7 Å². The van der Waals surface area contributed by atoms with Crippen molar-refractivity contribution in [1.29, 1.82) is 0 Å². The molecule has 0 aliphatic heterocycles. The molecule has 0 saturated carbocycles. The molecule has 0 fully saturated rings. The Kier molecular flexibility index (Phi) is 5.15. The van der Waals surface area contributed by atoms with Crippen LogP contribution in [0.2, 0.25) is 5.15 Å². The van der Waals surface area contributed by atoms with E-state index in [0.29, 0.717) is 17.5 Å². The molecule has 0 saturated heterocycles. The second kappa shape index (κ2) is 6.87. The molecule has 21 heavy (non-hydrogen) atoms. The summed E-state index contributed by atoms with van der Waals surface area (Å²) in [6.45, 7) is 4.86. The first kappa shape index (κ1) is 15.7. The van der Waals surface area contributed by atoms with E-state index in [4.69, 9.17) is 11.6 Å². The number of aliphatic hydroxyl groups excluding tert-OH is 1. The Labute approximate surface area is 130 Å². The van der Waals surface area contributed by atoms with Gasteiger partial charge < -0.3 is 10.4 Å². The Bertz CT molecular complexity index is 575. The van der Waals surface area contributed by atoms with Crippen LogP contribution in [0.3, 0.4) is 0 Å². The van der Waals surface area contributed by atoms with Crippen molar-refractivity contribution in [3.63, 3.8) is 0 Å². The van der Waals surface area contributed by atoms with E-state index in [0.717, 1.165) is 0 Å². The molecular weight excluding hydrogens is 286 g/mol. The van der Waals surface area contributed by atoms with Crippen molar-refractivity contribution in [2.24, 2.45) is 5.41 Å². The minimum atomic E-state index is -0.250. The van der Waals surface area contributed by atoms with Gasteiger partial charge in [0.15, 0.2) is 0 Å². The van der Waals surface area contributed by atoms with E-state index < -0.39 is 0 Å². The molecule has 112 valence electrons. The molecule has 0 spiro atoms. The molecule has 0 radical (unpaired) electrons. The summed E-state index contributed by atoms with van der Waals surface area (Å²) in [5.74, 6) is 0.779. The van der Waals surface area contributed by atoms with Crippen molar-refractivity contribution in [1.82, 2.24) is 9.97 Å². The molecule has 0 aliphatic carbocycles. The van der Waals surface area contributed by atoms with Gasteiger partial charge >= 0.3 is 0 Å². The van der Waals surface area contributed by atoms with Gasteiger partial charge in [0.25, 0.3) is 0 Å². The molecule has 5 heteroatoms. The summed E-state index contributed by atoms with van der Waals surface area (Å²) in [7, 11) is 0. The fourth-order valence-electron chi connectivity index (χ4n) is 2.27. The normalized spacial score (nSPS) is 13.0. The Balaban J connectivity index is 2.17. The van der Waals surface area contributed by atoms with Crippen molar-refractivity contribution in [3.8, 4) is 0 Å². The second-order valence-corrected chi connectivity index (χ2v) is 6.11. The number of anilines is 1. The monoisotopic (exact) mass is 305 g/mol. The minimum absolute atomic E-state index is 0.107. The number of hydrogen-bond acceptors (Lipinski definition) is 4. The van der Waals surface area contributed by atoms with Crippen LogP contribution in [0.5, 0.6) is 0 Å². The maximum absolute atomic E-state index is 9.69. The van der Waals surface area contributed by atoms with E-state index >= 15 is 0 Å². The molecule has 2 aromatic rings. The van der Waals surface area contributed by atoms with Crippen LogP contribution in [0.4, 0.5) is 5.82 Å². The number of halogens is 1. The lowest BCUT2D eigenvalue weighted by Crippen LogP contribution is -2.31. The van der Waals surface area contributed by atoms with E-state index in [1.165, 1.54) is 11.8 Å². The first-order valence-corrected chi connectivity index (χ1v) is 7.28. The molecule has 1 atom stereocenters. The minimum Gasteiger partial charge on any atom is -0.396 e. The third kappa shape index (κ3) is 4.16. The summed E-state index contributed by atoms with van der Waals surface area (Å²) in [4.78, 5) is 8.19. The van der Waals surface area contributed by atoms with Gasteiger partial charge in [0.1, 0.15) is 11.0 Å². The van der Waals surface area contributed by atoms with E-state index in [1.807, 2.05) is 18.2 Å². The standard InChI is InChI=1S/C16H20ClN3O/c1-16(2,11-21)13(12-6-4-3-5-7-12)8-19-15-10-18-9-14(17)20-15/h3-7,9-10,13,21H,8,11H2,1-2H3,(H,19,20). The van der Waals surface area contributed by atoms with E-state index in [1.54, 1.807) is 6.20 Å². The van der Waals surface area contributed by atoms with Crippen molar-refractivity contribution in [2.45, 2.75) is 19.8 Å².